The van der Waals surface area contributed by atoms with E-state index in [0.717, 1.165) is 0 Å². The van der Waals surface area contributed by atoms with Crippen LogP contribution in [-0.4, -0.2) is 25.4 Å². The fourth-order valence-electron chi connectivity index (χ4n) is 1.87. The lowest BCUT2D eigenvalue weighted by Gasteiger charge is -2.11. The molecule has 0 atom stereocenters. The van der Waals surface area contributed by atoms with Gasteiger partial charge < -0.3 is 14.2 Å². The van der Waals surface area contributed by atoms with E-state index in [1.54, 1.807) is 18.2 Å². The van der Waals surface area contributed by atoms with Gasteiger partial charge in [0.1, 0.15) is 11.5 Å². The molecule has 0 heterocycles. The number of methoxy groups -OCH3 is 2. The molecule has 0 aromatic heterocycles. The number of hydrogen-bond acceptors (Lipinski definition) is 6. The van der Waals surface area contributed by atoms with Crippen LogP contribution in [0.25, 0.3) is 0 Å². The minimum absolute atomic E-state index is 0.0528. The van der Waals surface area contributed by atoms with Gasteiger partial charge in [-0.25, -0.2) is 0 Å². The lowest BCUT2D eigenvalue weighted by molar-refractivity contribution is -0.385. The molecule has 0 fully saturated rings. The van der Waals surface area contributed by atoms with Crippen molar-refractivity contribution < 1.29 is 23.9 Å². The van der Waals surface area contributed by atoms with E-state index in [-0.39, 0.29) is 11.3 Å². The molecule has 0 spiro atoms. The minimum Gasteiger partial charge on any atom is -0.493 e. The Morgan fingerprint density at radius 2 is 1.64 bits per heavy atom. The highest BCUT2D eigenvalue weighted by molar-refractivity contribution is 5.82. The number of aldehydes is 1. The number of nitro groups is 1. The summed E-state index contributed by atoms with van der Waals surface area (Å²) in [5.41, 5.74) is -0.322. The number of benzene rings is 2. The summed E-state index contributed by atoms with van der Waals surface area (Å²) in [5.74, 6) is 1.79. The maximum Gasteiger partial charge on any atom is 0.280 e. The number of nitro benzene ring substituents is 1. The van der Waals surface area contributed by atoms with Crippen LogP contribution >= 0.6 is 0 Å². The highest BCUT2D eigenvalue weighted by Gasteiger charge is 2.14. The van der Waals surface area contributed by atoms with E-state index >= 15 is 0 Å². The Morgan fingerprint density at radius 3 is 2.23 bits per heavy atom. The average Bonchev–Trinajstić information content (AvgIpc) is 2.54. The van der Waals surface area contributed by atoms with Gasteiger partial charge in [0.2, 0.25) is 0 Å². The van der Waals surface area contributed by atoms with Gasteiger partial charge in [0, 0.05) is 12.1 Å². The summed E-state index contributed by atoms with van der Waals surface area (Å²) in [6.45, 7) is 0. The Hall–Kier alpha value is -3.09. The molecule has 2 rings (SSSR count). The van der Waals surface area contributed by atoms with Crippen molar-refractivity contribution >= 4 is 12.0 Å². The summed E-state index contributed by atoms with van der Waals surface area (Å²) < 4.78 is 15.9. The molecule has 0 saturated carbocycles. The van der Waals surface area contributed by atoms with Crippen LogP contribution in [-0.2, 0) is 0 Å². The van der Waals surface area contributed by atoms with Gasteiger partial charge in [0.15, 0.2) is 17.8 Å². The molecule has 0 saturated heterocycles. The van der Waals surface area contributed by atoms with E-state index in [9.17, 15) is 14.9 Å². The van der Waals surface area contributed by atoms with Crippen LogP contribution in [0.15, 0.2) is 36.4 Å². The molecule has 7 heteroatoms. The van der Waals surface area contributed by atoms with E-state index in [1.807, 2.05) is 0 Å². The maximum atomic E-state index is 10.9. The second-order valence-electron chi connectivity index (χ2n) is 4.21. The van der Waals surface area contributed by atoms with Gasteiger partial charge in [0.05, 0.1) is 24.7 Å². The van der Waals surface area contributed by atoms with Crippen molar-refractivity contribution in [2.24, 2.45) is 0 Å². The third kappa shape index (κ3) is 3.14. The SMILES string of the molecule is COc1ccc(Oc2ccc([N+](=O)[O-])c(C=O)c2)cc1OC. The first-order chi connectivity index (χ1) is 10.6. The van der Waals surface area contributed by atoms with Crippen molar-refractivity contribution in [3.63, 3.8) is 0 Å². The molecule has 7 nitrogen and oxygen atoms in total. The zero-order valence-corrected chi connectivity index (χ0v) is 11.9. The number of carbonyl (C=O) groups excluding carboxylic acids is 1. The second kappa shape index (κ2) is 6.57. The first kappa shape index (κ1) is 15.3. The molecule has 2 aromatic rings. The van der Waals surface area contributed by atoms with Crippen molar-refractivity contribution in [2.45, 2.75) is 0 Å². The van der Waals surface area contributed by atoms with Crippen LogP contribution < -0.4 is 14.2 Å². The van der Waals surface area contributed by atoms with Gasteiger partial charge in [-0.05, 0) is 24.3 Å². The van der Waals surface area contributed by atoms with Crippen LogP contribution in [0.4, 0.5) is 5.69 Å². The highest BCUT2D eigenvalue weighted by Crippen LogP contribution is 2.34. The monoisotopic (exact) mass is 303 g/mol. The van der Waals surface area contributed by atoms with Crippen LogP contribution in [0.1, 0.15) is 10.4 Å². The van der Waals surface area contributed by atoms with Gasteiger partial charge in [-0.2, -0.15) is 0 Å². The van der Waals surface area contributed by atoms with E-state index in [2.05, 4.69) is 0 Å². The van der Waals surface area contributed by atoms with E-state index in [0.29, 0.717) is 29.3 Å². The van der Waals surface area contributed by atoms with Crippen molar-refractivity contribution in [2.75, 3.05) is 14.2 Å². The van der Waals surface area contributed by atoms with E-state index < -0.39 is 4.92 Å². The van der Waals surface area contributed by atoms with E-state index in [4.69, 9.17) is 14.2 Å². The van der Waals surface area contributed by atoms with Gasteiger partial charge in [-0.3, -0.25) is 14.9 Å². The van der Waals surface area contributed by atoms with Crippen molar-refractivity contribution in [1.82, 2.24) is 0 Å². The number of hydrogen-bond donors (Lipinski definition) is 0. The predicted octanol–water partition coefficient (Wildman–Crippen LogP) is 3.22. The topological polar surface area (TPSA) is 87.9 Å². The van der Waals surface area contributed by atoms with Crippen LogP contribution in [0.5, 0.6) is 23.0 Å². The number of rotatable bonds is 6. The molecule has 114 valence electrons. The summed E-state index contributed by atoms with van der Waals surface area (Å²) in [6.07, 6.45) is 0.416. The molecule has 0 aliphatic heterocycles. The Bertz CT molecular complexity index is 713. The predicted molar refractivity (Wildman–Crippen MR) is 78.1 cm³/mol. The second-order valence-corrected chi connectivity index (χ2v) is 4.21. The number of nitrogens with zero attached hydrogens (tertiary/aromatic N) is 1. The Morgan fingerprint density at radius 1 is 1.00 bits per heavy atom. The third-order valence-corrected chi connectivity index (χ3v) is 2.91. The number of carbonyl (C=O) groups is 1. The molecule has 0 aliphatic rings. The zero-order chi connectivity index (χ0) is 16.1. The molecule has 2 aromatic carbocycles. The minimum atomic E-state index is -0.621. The lowest BCUT2D eigenvalue weighted by Crippen LogP contribution is -1.95. The smallest absolute Gasteiger partial charge is 0.280 e. The summed E-state index contributed by atoms with van der Waals surface area (Å²) in [5, 5.41) is 10.8. The first-order valence-electron chi connectivity index (χ1n) is 6.22. The normalized spacial score (nSPS) is 9.91. The fraction of sp³-hybridized carbons (Fsp3) is 0.133. The Kier molecular flexibility index (Phi) is 4.57. The first-order valence-corrected chi connectivity index (χ1v) is 6.22. The third-order valence-electron chi connectivity index (χ3n) is 2.91. The summed E-state index contributed by atoms with van der Waals surface area (Å²) in [4.78, 5) is 21.1. The molecular formula is C15H13NO6. The lowest BCUT2D eigenvalue weighted by atomic mass is 10.2. The summed E-state index contributed by atoms with van der Waals surface area (Å²) in [7, 11) is 3.02. The van der Waals surface area contributed by atoms with Gasteiger partial charge in [-0.15, -0.1) is 0 Å². The molecule has 22 heavy (non-hydrogen) atoms. The largest absolute Gasteiger partial charge is 0.493 e. The quantitative estimate of drug-likeness (QED) is 0.462. The summed E-state index contributed by atoms with van der Waals surface area (Å²) in [6, 6.07) is 8.88. The van der Waals surface area contributed by atoms with Crippen molar-refractivity contribution in [3.8, 4) is 23.0 Å². The Labute approximate surface area is 126 Å². The van der Waals surface area contributed by atoms with Crippen molar-refractivity contribution in [1.29, 1.82) is 0 Å². The van der Waals surface area contributed by atoms with Crippen LogP contribution in [0, 0.1) is 10.1 Å². The molecule has 0 N–H and O–H groups in total. The highest BCUT2D eigenvalue weighted by atomic mass is 16.6. The fourth-order valence-corrected chi connectivity index (χ4v) is 1.87. The summed E-state index contributed by atoms with van der Waals surface area (Å²) >= 11 is 0. The molecule has 0 aliphatic carbocycles. The van der Waals surface area contributed by atoms with Crippen molar-refractivity contribution in [3.05, 3.63) is 52.1 Å². The molecule has 0 amide bonds. The van der Waals surface area contributed by atoms with Gasteiger partial charge >= 0.3 is 0 Å². The molecule has 0 unspecified atom stereocenters. The standard InChI is InChI=1S/C15H13NO6/c1-20-14-6-4-12(8-15(14)21-2)22-11-3-5-13(16(18)19)10(7-11)9-17/h3-9H,1-2H3. The van der Waals surface area contributed by atoms with Crippen LogP contribution in [0.2, 0.25) is 0 Å². The maximum absolute atomic E-state index is 10.9. The zero-order valence-electron chi connectivity index (χ0n) is 11.9. The van der Waals surface area contributed by atoms with Crippen LogP contribution in [0.3, 0.4) is 0 Å². The Balaban J connectivity index is 2.31. The average molecular weight is 303 g/mol. The molecule has 0 radical (unpaired) electrons. The van der Waals surface area contributed by atoms with Gasteiger partial charge in [0.25, 0.3) is 5.69 Å². The van der Waals surface area contributed by atoms with E-state index in [1.165, 1.54) is 32.4 Å². The number of ether oxygens (including phenoxy) is 3. The molecular weight excluding hydrogens is 290 g/mol. The van der Waals surface area contributed by atoms with Gasteiger partial charge in [-0.1, -0.05) is 0 Å². The molecule has 0 bridgehead atoms.